The normalized spacial score (nSPS) is 15.4. The van der Waals surface area contributed by atoms with Gasteiger partial charge in [-0.25, -0.2) is 0 Å². The second-order valence-electron chi connectivity index (χ2n) is 6.62. The lowest BCUT2D eigenvalue weighted by Gasteiger charge is -2.18. The van der Waals surface area contributed by atoms with Crippen LogP contribution in [-0.2, 0) is 10.2 Å². The van der Waals surface area contributed by atoms with E-state index in [4.69, 9.17) is 9.73 Å². The maximum atomic E-state index is 5.38. The molecule has 5 heteroatoms. The highest BCUT2D eigenvalue weighted by atomic mass is 127. The molecule has 1 aliphatic carbocycles. The van der Waals surface area contributed by atoms with Gasteiger partial charge in [0.2, 0.25) is 0 Å². The summed E-state index contributed by atoms with van der Waals surface area (Å²) in [6.45, 7) is 10.7. The molecule has 1 saturated carbocycles. The van der Waals surface area contributed by atoms with Crippen LogP contribution in [0.1, 0.15) is 50.7 Å². The number of unbranched alkanes of at least 4 members (excludes halogenated alkanes) is 1. The number of aliphatic imine (C=N–C) groups is 1. The molecule has 4 nitrogen and oxygen atoms in total. The number of rotatable bonds is 10. The lowest BCUT2D eigenvalue weighted by atomic mass is 9.92. The Balaban J connectivity index is 0.00000312. The molecule has 0 amide bonds. The lowest BCUT2D eigenvalue weighted by Crippen LogP contribution is -2.38. The van der Waals surface area contributed by atoms with Crippen molar-refractivity contribution in [2.24, 2.45) is 4.99 Å². The molecule has 1 aliphatic rings. The second-order valence-corrected chi connectivity index (χ2v) is 6.62. The minimum atomic E-state index is 0. The Morgan fingerprint density at radius 3 is 2.56 bits per heavy atom. The Hall–Kier alpha value is -0.820. The summed E-state index contributed by atoms with van der Waals surface area (Å²) in [5, 5.41) is 6.81. The summed E-state index contributed by atoms with van der Waals surface area (Å²) in [5.74, 6) is 0.939. The van der Waals surface area contributed by atoms with Crippen molar-refractivity contribution in [3.63, 3.8) is 0 Å². The minimum Gasteiger partial charge on any atom is -0.382 e. The van der Waals surface area contributed by atoms with Crippen LogP contribution in [0.3, 0.4) is 0 Å². The molecule has 1 fully saturated rings. The average Bonchev–Trinajstić information content (AvgIpc) is 3.37. The van der Waals surface area contributed by atoms with Gasteiger partial charge in [0.1, 0.15) is 0 Å². The number of nitrogens with zero attached hydrogens (tertiary/aromatic N) is 1. The molecule has 1 aromatic carbocycles. The Labute approximate surface area is 170 Å². The van der Waals surface area contributed by atoms with E-state index in [1.807, 2.05) is 6.92 Å². The molecule has 0 aromatic heterocycles. The van der Waals surface area contributed by atoms with Crippen LogP contribution in [0.4, 0.5) is 0 Å². The SMILES string of the molecule is CCNC(=NCC1(c2ccccc2C)CC1)NCCCCOCC.I. The van der Waals surface area contributed by atoms with E-state index < -0.39 is 0 Å². The summed E-state index contributed by atoms with van der Waals surface area (Å²) in [6.07, 6.45) is 4.69. The predicted octanol–water partition coefficient (Wildman–Crippen LogP) is 4.02. The van der Waals surface area contributed by atoms with Gasteiger partial charge in [-0.05, 0) is 57.6 Å². The van der Waals surface area contributed by atoms with Gasteiger partial charge in [-0.15, -0.1) is 24.0 Å². The number of halogens is 1. The van der Waals surface area contributed by atoms with Gasteiger partial charge in [-0.2, -0.15) is 0 Å². The monoisotopic (exact) mass is 459 g/mol. The average molecular weight is 459 g/mol. The molecule has 0 bridgehead atoms. The third-order valence-corrected chi connectivity index (χ3v) is 4.67. The summed E-state index contributed by atoms with van der Waals surface area (Å²) in [4.78, 5) is 4.86. The van der Waals surface area contributed by atoms with Crippen molar-refractivity contribution in [3.05, 3.63) is 35.4 Å². The zero-order chi connectivity index (χ0) is 17.3. The van der Waals surface area contributed by atoms with E-state index in [9.17, 15) is 0 Å². The summed E-state index contributed by atoms with van der Waals surface area (Å²) in [6, 6.07) is 8.74. The first kappa shape index (κ1) is 22.2. The van der Waals surface area contributed by atoms with Crippen LogP contribution in [0, 0.1) is 6.92 Å². The molecule has 142 valence electrons. The van der Waals surface area contributed by atoms with Crippen molar-refractivity contribution < 1.29 is 4.74 Å². The van der Waals surface area contributed by atoms with Crippen LogP contribution < -0.4 is 10.6 Å². The van der Waals surface area contributed by atoms with Gasteiger partial charge in [0.05, 0.1) is 6.54 Å². The van der Waals surface area contributed by atoms with Gasteiger partial charge < -0.3 is 15.4 Å². The van der Waals surface area contributed by atoms with E-state index in [-0.39, 0.29) is 29.4 Å². The standard InChI is InChI=1S/C20H33N3O.HI/c1-4-21-19(22-14-8-9-15-24-5-2)23-16-20(12-13-20)18-11-7-6-10-17(18)3;/h6-7,10-11H,4-5,8-9,12-16H2,1-3H3,(H2,21,22,23);1H. The van der Waals surface area contributed by atoms with Crippen LogP contribution in [0.2, 0.25) is 0 Å². The third kappa shape index (κ3) is 7.13. The number of benzene rings is 1. The van der Waals surface area contributed by atoms with Crippen LogP contribution in [0.25, 0.3) is 0 Å². The lowest BCUT2D eigenvalue weighted by molar-refractivity contribution is 0.143. The van der Waals surface area contributed by atoms with Crippen LogP contribution in [0.15, 0.2) is 29.3 Å². The van der Waals surface area contributed by atoms with Crippen molar-refractivity contribution in [2.45, 2.75) is 51.9 Å². The Morgan fingerprint density at radius 1 is 1.16 bits per heavy atom. The molecule has 0 saturated heterocycles. The van der Waals surface area contributed by atoms with Gasteiger partial charge in [-0.3, -0.25) is 4.99 Å². The first-order chi connectivity index (χ1) is 11.7. The Kier molecular flexibility index (Phi) is 10.4. The smallest absolute Gasteiger partial charge is 0.191 e. The van der Waals surface area contributed by atoms with Crippen molar-refractivity contribution in [1.82, 2.24) is 10.6 Å². The van der Waals surface area contributed by atoms with E-state index in [0.717, 1.165) is 51.6 Å². The number of nitrogens with one attached hydrogen (secondary N) is 2. The summed E-state index contributed by atoms with van der Waals surface area (Å²) < 4.78 is 5.38. The molecule has 0 aliphatic heterocycles. The van der Waals surface area contributed by atoms with Gasteiger partial charge in [0, 0.05) is 31.7 Å². The molecule has 0 atom stereocenters. The Bertz CT molecular complexity index is 529. The summed E-state index contributed by atoms with van der Waals surface area (Å²) >= 11 is 0. The van der Waals surface area contributed by atoms with Gasteiger partial charge in [-0.1, -0.05) is 24.3 Å². The largest absolute Gasteiger partial charge is 0.382 e. The number of ether oxygens (including phenoxy) is 1. The van der Waals surface area contributed by atoms with E-state index in [1.54, 1.807) is 0 Å². The topological polar surface area (TPSA) is 45.7 Å². The van der Waals surface area contributed by atoms with Crippen molar-refractivity contribution in [2.75, 3.05) is 32.8 Å². The van der Waals surface area contributed by atoms with Gasteiger partial charge in [0.15, 0.2) is 5.96 Å². The second kappa shape index (κ2) is 11.7. The minimum absolute atomic E-state index is 0. The highest BCUT2D eigenvalue weighted by Gasteiger charge is 2.44. The zero-order valence-electron chi connectivity index (χ0n) is 15.9. The highest BCUT2D eigenvalue weighted by molar-refractivity contribution is 14.0. The summed E-state index contributed by atoms with van der Waals surface area (Å²) in [7, 11) is 0. The number of aryl methyl sites for hydroxylation is 1. The number of hydrogen-bond donors (Lipinski definition) is 2. The molecule has 2 rings (SSSR count). The van der Waals surface area contributed by atoms with Crippen molar-refractivity contribution in [3.8, 4) is 0 Å². The van der Waals surface area contributed by atoms with Crippen LogP contribution in [-0.4, -0.2) is 38.8 Å². The molecule has 2 N–H and O–H groups in total. The number of hydrogen-bond acceptors (Lipinski definition) is 2. The first-order valence-electron chi connectivity index (χ1n) is 9.38. The van der Waals surface area contributed by atoms with E-state index in [2.05, 4.69) is 48.7 Å². The molecule has 25 heavy (non-hydrogen) atoms. The molecular weight excluding hydrogens is 425 g/mol. The van der Waals surface area contributed by atoms with E-state index in [1.165, 1.54) is 24.0 Å². The zero-order valence-corrected chi connectivity index (χ0v) is 18.3. The predicted molar refractivity (Wildman–Crippen MR) is 117 cm³/mol. The van der Waals surface area contributed by atoms with Crippen LogP contribution >= 0.6 is 24.0 Å². The fourth-order valence-electron chi connectivity index (χ4n) is 3.08. The number of guanidine groups is 1. The fraction of sp³-hybridized carbons (Fsp3) is 0.650. The molecule has 0 spiro atoms. The molecule has 0 radical (unpaired) electrons. The molecule has 1 aromatic rings. The van der Waals surface area contributed by atoms with E-state index in [0.29, 0.717) is 0 Å². The quantitative estimate of drug-likeness (QED) is 0.241. The van der Waals surface area contributed by atoms with Crippen molar-refractivity contribution in [1.29, 1.82) is 0 Å². The van der Waals surface area contributed by atoms with Crippen molar-refractivity contribution >= 4 is 29.9 Å². The highest BCUT2D eigenvalue weighted by Crippen LogP contribution is 2.49. The third-order valence-electron chi connectivity index (χ3n) is 4.67. The fourth-order valence-corrected chi connectivity index (χ4v) is 3.08. The first-order valence-corrected chi connectivity index (χ1v) is 9.38. The van der Waals surface area contributed by atoms with E-state index >= 15 is 0 Å². The van der Waals surface area contributed by atoms with Gasteiger partial charge in [0.25, 0.3) is 0 Å². The molecule has 0 unspecified atom stereocenters. The summed E-state index contributed by atoms with van der Waals surface area (Å²) in [5.41, 5.74) is 3.13. The maximum Gasteiger partial charge on any atom is 0.191 e. The Morgan fingerprint density at radius 2 is 1.92 bits per heavy atom. The molecule has 0 heterocycles. The van der Waals surface area contributed by atoms with Crippen LogP contribution in [0.5, 0.6) is 0 Å². The maximum absolute atomic E-state index is 5.38. The van der Waals surface area contributed by atoms with Gasteiger partial charge >= 0.3 is 0 Å². The molecular formula is C20H34IN3O.